The summed E-state index contributed by atoms with van der Waals surface area (Å²) in [5.41, 5.74) is 7.64. The molecule has 4 aromatic carbocycles. The van der Waals surface area contributed by atoms with Gasteiger partial charge in [-0.1, -0.05) is 85.3 Å². The van der Waals surface area contributed by atoms with Crippen LogP contribution in [0.15, 0.2) is 115 Å². The maximum absolute atomic E-state index is 2.44. The molecule has 2 heterocycles. The Bertz CT molecular complexity index is 1620. The van der Waals surface area contributed by atoms with E-state index in [0.29, 0.717) is 0 Å². The van der Waals surface area contributed by atoms with Crippen LogP contribution in [-0.2, 0) is 6.54 Å². The van der Waals surface area contributed by atoms with Crippen LogP contribution in [0.2, 0.25) is 0 Å². The summed E-state index contributed by atoms with van der Waals surface area (Å²) < 4.78 is 4.87. The lowest BCUT2D eigenvalue weighted by Crippen LogP contribution is -2.00. The van der Waals surface area contributed by atoms with Gasteiger partial charge in [-0.25, -0.2) is 0 Å². The minimum Gasteiger partial charge on any atom is -0.336 e. The molecule has 0 saturated carbocycles. The number of allylic oxidation sites excluding steroid dienone is 4. The molecule has 0 amide bonds. The first-order chi connectivity index (χ1) is 16.8. The summed E-state index contributed by atoms with van der Waals surface area (Å²) in [7, 11) is 0. The molecule has 0 atom stereocenters. The topological polar surface area (TPSA) is 9.86 Å². The number of fused-ring (bicyclic) bond motifs is 6. The second-order valence-electron chi connectivity index (χ2n) is 8.99. The van der Waals surface area contributed by atoms with Crippen LogP contribution in [-0.4, -0.2) is 9.13 Å². The number of hydrogen-bond donors (Lipinski definition) is 0. The lowest BCUT2D eigenvalue weighted by Gasteiger charge is -2.12. The van der Waals surface area contributed by atoms with Gasteiger partial charge in [-0.15, -0.1) is 0 Å². The number of para-hydroxylation sites is 4. The molecule has 34 heavy (non-hydrogen) atoms. The van der Waals surface area contributed by atoms with Crippen molar-refractivity contribution in [3.8, 4) is 0 Å². The molecular formula is C32H28N2. The Morgan fingerprint density at radius 3 is 1.50 bits per heavy atom. The van der Waals surface area contributed by atoms with Gasteiger partial charge in [0.05, 0.1) is 11.0 Å². The number of rotatable bonds is 5. The highest BCUT2D eigenvalue weighted by atomic mass is 15.0. The summed E-state index contributed by atoms with van der Waals surface area (Å²) in [5, 5.41) is 5.21. The van der Waals surface area contributed by atoms with E-state index >= 15 is 0 Å². The molecule has 0 aliphatic rings. The smallest absolute Gasteiger partial charge is 0.0540 e. The van der Waals surface area contributed by atoms with Gasteiger partial charge in [-0.3, -0.25) is 0 Å². The summed E-state index contributed by atoms with van der Waals surface area (Å²) in [6.07, 6.45) is 5.77. The molecule has 6 rings (SSSR count). The highest BCUT2D eigenvalue weighted by Crippen LogP contribution is 2.33. The van der Waals surface area contributed by atoms with Crippen molar-refractivity contribution in [1.82, 2.24) is 9.13 Å². The molecule has 6 aromatic rings. The van der Waals surface area contributed by atoms with E-state index in [-0.39, 0.29) is 0 Å². The largest absolute Gasteiger partial charge is 0.336 e. The zero-order chi connectivity index (χ0) is 23.1. The van der Waals surface area contributed by atoms with E-state index in [1.54, 1.807) is 0 Å². The standard InChI is InChI=1S/C32H28N2/c1-3-23(2)22-24(34-31-18-10-6-14-27(31)28-15-7-11-19-32(28)34)20-21-33-29-16-8-4-12-25(29)26-13-5-9-17-30(26)33/h4-20,22H,3,21H2,1-2H3/b23-22+,24-20+. The average molecular weight is 441 g/mol. The number of aromatic nitrogens is 2. The van der Waals surface area contributed by atoms with Crippen LogP contribution >= 0.6 is 0 Å². The molecule has 166 valence electrons. The summed E-state index contributed by atoms with van der Waals surface area (Å²) in [5.74, 6) is 0. The van der Waals surface area contributed by atoms with Gasteiger partial charge in [0, 0.05) is 44.8 Å². The van der Waals surface area contributed by atoms with E-state index in [4.69, 9.17) is 0 Å². The van der Waals surface area contributed by atoms with Crippen molar-refractivity contribution in [3.05, 3.63) is 115 Å². The molecule has 0 aliphatic carbocycles. The first-order valence-corrected chi connectivity index (χ1v) is 12.1. The normalized spacial score (nSPS) is 13.0. The summed E-state index contributed by atoms with van der Waals surface area (Å²) in [4.78, 5) is 0. The quantitative estimate of drug-likeness (QED) is 0.237. The van der Waals surface area contributed by atoms with E-state index < -0.39 is 0 Å². The molecule has 2 nitrogen and oxygen atoms in total. The molecule has 2 aromatic heterocycles. The van der Waals surface area contributed by atoms with Crippen molar-refractivity contribution in [1.29, 1.82) is 0 Å². The second kappa shape index (κ2) is 8.39. The van der Waals surface area contributed by atoms with Crippen molar-refractivity contribution in [2.45, 2.75) is 26.8 Å². The Hall–Kier alpha value is -4.04. The third kappa shape index (κ3) is 3.26. The maximum atomic E-state index is 2.44. The van der Waals surface area contributed by atoms with E-state index in [1.807, 2.05) is 0 Å². The number of benzene rings is 4. The maximum Gasteiger partial charge on any atom is 0.0540 e. The van der Waals surface area contributed by atoms with Crippen molar-refractivity contribution in [2.24, 2.45) is 0 Å². The summed E-state index contributed by atoms with van der Waals surface area (Å²) >= 11 is 0. The zero-order valence-electron chi connectivity index (χ0n) is 19.7. The Labute approximate surface area is 200 Å². The minimum absolute atomic E-state index is 0.803. The van der Waals surface area contributed by atoms with E-state index in [9.17, 15) is 0 Å². The van der Waals surface area contributed by atoms with Crippen LogP contribution in [0, 0.1) is 0 Å². The fourth-order valence-corrected chi connectivity index (χ4v) is 5.15. The molecule has 0 unspecified atom stereocenters. The highest BCUT2D eigenvalue weighted by Gasteiger charge is 2.13. The van der Waals surface area contributed by atoms with Gasteiger partial charge in [0.25, 0.3) is 0 Å². The molecule has 0 aliphatic heterocycles. The van der Waals surface area contributed by atoms with Gasteiger partial charge in [0.2, 0.25) is 0 Å². The third-order valence-electron chi connectivity index (χ3n) is 6.95. The summed E-state index contributed by atoms with van der Waals surface area (Å²) in [6, 6.07) is 34.9. The first-order valence-electron chi connectivity index (χ1n) is 12.1. The summed E-state index contributed by atoms with van der Waals surface area (Å²) in [6.45, 7) is 5.25. The van der Waals surface area contributed by atoms with Gasteiger partial charge in [0.15, 0.2) is 0 Å². The first kappa shape index (κ1) is 20.6. The molecule has 0 spiro atoms. The molecule has 2 heteroatoms. The van der Waals surface area contributed by atoms with Crippen molar-refractivity contribution in [2.75, 3.05) is 0 Å². The number of nitrogens with zero attached hydrogens (tertiary/aromatic N) is 2. The predicted molar refractivity (Wildman–Crippen MR) is 147 cm³/mol. The van der Waals surface area contributed by atoms with Crippen LogP contribution in [0.5, 0.6) is 0 Å². The van der Waals surface area contributed by atoms with Gasteiger partial charge >= 0.3 is 0 Å². The molecule has 0 fully saturated rings. The molecular weight excluding hydrogens is 412 g/mol. The van der Waals surface area contributed by atoms with Gasteiger partial charge < -0.3 is 9.13 Å². The Morgan fingerprint density at radius 2 is 1.03 bits per heavy atom. The SMILES string of the molecule is CC/C(C)=C/C(=C\Cn1c2ccccc2c2ccccc21)n1c2ccccc2c2ccccc21. The van der Waals surface area contributed by atoms with Crippen LogP contribution < -0.4 is 0 Å². The van der Waals surface area contributed by atoms with Gasteiger partial charge in [-0.2, -0.15) is 0 Å². The molecule has 0 N–H and O–H groups in total. The highest BCUT2D eigenvalue weighted by molar-refractivity contribution is 6.10. The van der Waals surface area contributed by atoms with Crippen LogP contribution in [0.4, 0.5) is 0 Å². The lowest BCUT2D eigenvalue weighted by atomic mass is 10.2. The van der Waals surface area contributed by atoms with E-state index in [1.165, 1.54) is 54.9 Å². The van der Waals surface area contributed by atoms with Crippen molar-refractivity contribution in [3.63, 3.8) is 0 Å². The zero-order valence-corrected chi connectivity index (χ0v) is 19.7. The predicted octanol–water partition coefficient (Wildman–Crippen LogP) is 8.80. The number of hydrogen-bond acceptors (Lipinski definition) is 0. The monoisotopic (exact) mass is 440 g/mol. The molecule has 0 bridgehead atoms. The van der Waals surface area contributed by atoms with Crippen LogP contribution in [0.1, 0.15) is 20.3 Å². The van der Waals surface area contributed by atoms with Crippen molar-refractivity contribution < 1.29 is 0 Å². The Balaban J connectivity index is 1.60. The van der Waals surface area contributed by atoms with Crippen LogP contribution in [0.25, 0.3) is 49.3 Å². The van der Waals surface area contributed by atoms with E-state index in [0.717, 1.165) is 13.0 Å². The fraction of sp³-hybridized carbons (Fsp3) is 0.125. The average Bonchev–Trinajstić information content (AvgIpc) is 3.39. The van der Waals surface area contributed by atoms with Gasteiger partial charge in [0.1, 0.15) is 0 Å². The van der Waals surface area contributed by atoms with E-state index in [2.05, 4.69) is 132 Å². The van der Waals surface area contributed by atoms with Crippen LogP contribution in [0.3, 0.4) is 0 Å². The van der Waals surface area contributed by atoms with Crippen molar-refractivity contribution >= 4 is 49.3 Å². The third-order valence-corrected chi connectivity index (χ3v) is 6.95. The fourth-order valence-electron chi connectivity index (χ4n) is 5.15. The lowest BCUT2D eigenvalue weighted by molar-refractivity contribution is 0.895. The second-order valence-corrected chi connectivity index (χ2v) is 8.99. The molecule has 0 saturated heterocycles. The Morgan fingerprint density at radius 1 is 0.618 bits per heavy atom. The Kier molecular flexibility index (Phi) is 5.07. The minimum atomic E-state index is 0.803. The molecule has 0 radical (unpaired) electrons. The van der Waals surface area contributed by atoms with Gasteiger partial charge in [-0.05, 0) is 49.8 Å².